The van der Waals surface area contributed by atoms with Crippen LogP contribution in [0.4, 0.5) is 14.5 Å². The Bertz CT molecular complexity index is 498. The van der Waals surface area contributed by atoms with Gasteiger partial charge in [0.25, 0.3) is 5.91 Å². The highest BCUT2D eigenvalue weighted by Gasteiger charge is 2.57. The van der Waals surface area contributed by atoms with Crippen LogP contribution in [0.5, 0.6) is 0 Å². The number of halogens is 2. The summed E-state index contributed by atoms with van der Waals surface area (Å²) in [4.78, 5) is 11.8. The van der Waals surface area contributed by atoms with Crippen LogP contribution in [0.15, 0.2) is 12.1 Å². The van der Waals surface area contributed by atoms with Crippen molar-refractivity contribution in [3.8, 4) is 0 Å². The number of hydrogen-bond donors (Lipinski definition) is 2. The van der Waals surface area contributed by atoms with Gasteiger partial charge in [-0.25, -0.2) is 8.78 Å². The van der Waals surface area contributed by atoms with Crippen LogP contribution in [0.3, 0.4) is 0 Å². The molecule has 0 atom stereocenters. The van der Waals surface area contributed by atoms with Gasteiger partial charge in [-0.15, -0.1) is 0 Å². The average molecular weight is 238 g/mol. The number of nitrogens with two attached hydrogens (primary N) is 1. The summed E-state index contributed by atoms with van der Waals surface area (Å²) in [6.45, 7) is 0. The van der Waals surface area contributed by atoms with Gasteiger partial charge < -0.3 is 11.1 Å². The maximum Gasteiger partial charge on any atom is 0.254 e. The van der Waals surface area contributed by atoms with Crippen molar-refractivity contribution >= 4 is 11.6 Å². The summed E-state index contributed by atoms with van der Waals surface area (Å²) in [5, 5.41) is 2.78. The minimum Gasteiger partial charge on any atom is -0.396 e. The molecule has 0 unspecified atom stereocenters. The number of nitrogens with one attached hydrogen (secondary N) is 1. The zero-order chi connectivity index (χ0) is 12.2. The van der Waals surface area contributed by atoms with Gasteiger partial charge in [-0.1, -0.05) is 0 Å². The molecule has 1 amide bonds. The number of benzene rings is 1. The first-order chi connectivity index (χ1) is 7.99. The number of amides is 1. The van der Waals surface area contributed by atoms with Gasteiger partial charge in [-0.2, -0.15) is 0 Å². The third-order valence-corrected chi connectivity index (χ3v) is 3.75. The van der Waals surface area contributed by atoms with E-state index in [1.807, 2.05) is 0 Å². The van der Waals surface area contributed by atoms with E-state index in [9.17, 15) is 13.6 Å². The molecule has 0 spiro atoms. The van der Waals surface area contributed by atoms with Crippen molar-refractivity contribution in [1.29, 1.82) is 0 Å². The number of carbonyl (C=O) groups is 1. The van der Waals surface area contributed by atoms with E-state index < -0.39 is 17.5 Å². The number of carbonyl (C=O) groups excluding carboxylic acids is 1. The summed E-state index contributed by atoms with van der Waals surface area (Å²) in [6, 6.07) is 1.69. The highest BCUT2D eigenvalue weighted by molar-refractivity contribution is 5.95. The van der Waals surface area contributed by atoms with Crippen molar-refractivity contribution in [2.24, 2.45) is 5.92 Å². The molecule has 1 aromatic carbocycles. The smallest absolute Gasteiger partial charge is 0.254 e. The molecule has 5 heteroatoms. The Morgan fingerprint density at radius 2 is 1.94 bits per heavy atom. The summed E-state index contributed by atoms with van der Waals surface area (Å²) in [5.41, 5.74) is 4.50. The summed E-state index contributed by atoms with van der Waals surface area (Å²) in [5.74, 6) is -1.40. The molecule has 17 heavy (non-hydrogen) atoms. The number of hydrogen-bond acceptors (Lipinski definition) is 2. The lowest BCUT2D eigenvalue weighted by molar-refractivity contribution is -0.0439. The topological polar surface area (TPSA) is 55.1 Å². The first-order valence-electron chi connectivity index (χ1n) is 5.56. The van der Waals surface area contributed by atoms with Crippen LogP contribution < -0.4 is 11.1 Å². The van der Waals surface area contributed by atoms with E-state index in [2.05, 4.69) is 5.32 Å². The standard InChI is InChI=1S/C12H12F2N2O/c13-8-2-10(15)9(14)1-7(8)11(17)16-12-3-6(4-12)5-12/h1-2,6H,3-5,15H2,(H,16,17). The predicted octanol–water partition coefficient (Wildman–Crippen LogP) is 1.83. The lowest BCUT2D eigenvalue weighted by Crippen LogP contribution is -2.68. The highest BCUT2D eigenvalue weighted by Crippen LogP contribution is 2.57. The van der Waals surface area contributed by atoms with Crippen molar-refractivity contribution in [2.45, 2.75) is 24.8 Å². The van der Waals surface area contributed by atoms with Gasteiger partial charge >= 0.3 is 0 Å². The van der Waals surface area contributed by atoms with Gasteiger partial charge in [-0.05, 0) is 31.2 Å². The second kappa shape index (κ2) is 3.18. The lowest BCUT2D eigenvalue weighted by atomic mass is 9.50. The van der Waals surface area contributed by atoms with Gasteiger partial charge in [-0.3, -0.25) is 4.79 Å². The van der Waals surface area contributed by atoms with Crippen LogP contribution >= 0.6 is 0 Å². The van der Waals surface area contributed by atoms with Gasteiger partial charge in [0, 0.05) is 11.6 Å². The van der Waals surface area contributed by atoms with E-state index in [4.69, 9.17) is 5.73 Å². The Hall–Kier alpha value is -1.65. The minimum absolute atomic E-state index is 0.147. The quantitative estimate of drug-likeness (QED) is 0.772. The molecule has 3 fully saturated rings. The maximum atomic E-state index is 13.5. The van der Waals surface area contributed by atoms with Crippen molar-refractivity contribution in [1.82, 2.24) is 5.32 Å². The third-order valence-electron chi connectivity index (χ3n) is 3.75. The summed E-state index contributed by atoms with van der Waals surface area (Å²) < 4.78 is 26.7. The normalized spacial score (nSPS) is 29.2. The molecule has 3 nitrogen and oxygen atoms in total. The molecule has 1 aromatic rings. The second-order valence-corrected chi connectivity index (χ2v) is 5.07. The number of anilines is 1. The molecule has 3 N–H and O–H groups in total. The average Bonchev–Trinajstić information content (AvgIpc) is 2.15. The third kappa shape index (κ3) is 1.49. The van der Waals surface area contributed by atoms with E-state index >= 15 is 0 Å². The van der Waals surface area contributed by atoms with Crippen molar-refractivity contribution in [3.05, 3.63) is 29.3 Å². The molecule has 0 saturated heterocycles. The SMILES string of the molecule is Nc1cc(F)c(C(=O)NC23CC(C2)C3)cc1F. The Balaban J connectivity index is 1.83. The molecule has 2 bridgehead atoms. The molecule has 0 aromatic heterocycles. The fourth-order valence-electron chi connectivity index (χ4n) is 2.68. The first-order valence-corrected chi connectivity index (χ1v) is 5.56. The molecule has 90 valence electrons. The van der Waals surface area contributed by atoms with Gasteiger partial charge in [0.15, 0.2) is 0 Å². The van der Waals surface area contributed by atoms with Crippen LogP contribution in [0, 0.1) is 17.6 Å². The second-order valence-electron chi connectivity index (χ2n) is 5.07. The van der Waals surface area contributed by atoms with E-state index in [0.29, 0.717) is 5.92 Å². The monoisotopic (exact) mass is 238 g/mol. The fraction of sp³-hybridized carbons (Fsp3) is 0.417. The Morgan fingerprint density at radius 1 is 1.29 bits per heavy atom. The van der Waals surface area contributed by atoms with Gasteiger partial charge in [0.2, 0.25) is 0 Å². The van der Waals surface area contributed by atoms with Crippen LogP contribution in [-0.4, -0.2) is 11.4 Å². The molecule has 3 aliphatic rings. The van der Waals surface area contributed by atoms with E-state index in [1.54, 1.807) is 0 Å². The van der Waals surface area contributed by atoms with Crippen LogP contribution in [-0.2, 0) is 0 Å². The van der Waals surface area contributed by atoms with Crippen LogP contribution in [0.1, 0.15) is 29.6 Å². The molecule has 0 heterocycles. The van der Waals surface area contributed by atoms with Crippen molar-refractivity contribution < 1.29 is 13.6 Å². The van der Waals surface area contributed by atoms with Gasteiger partial charge in [0.1, 0.15) is 11.6 Å². The highest BCUT2D eigenvalue weighted by atomic mass is 19.1. The molecular weight excluding hydrogens is 226 g/mol. The molecule has 0 radical (unpaired) electrons. The van der Waals surface area contributed by atoms with E-state index in [0.717, 1.165) is 31.4 Å². The molecular formula is C12H12F2N2O. The summed E-state index contributed by atoms with van der Waals surface area (Å²) in [6.07, 6.45) is 2.87. The molecule has 3 aliphatic carbocycles. The Kier molecular flexibility index (Phi) is 1.97. The zero-order valence-electron chi connectivity index (χ0n) is 9.09. The predicted molar refractivity (Wildman–Crippen MR) is 58.3 cm³/mol. The molecule has 0 aliphatic heterocycles. The van der Waals surface area contributed by atoms with E-state index in [1.165, 1.54) is 0 Å². The van der Waals surface area contributed by atoms with Crippen molar-refractivity contribution in [2.75, 3.05) is 5.73 Å². The maximum absolute atomic E-state index is 13.5. The lowest BCUT2D eigenvalue weighted by Gasteiger charge is -2.61. The fourth-order valence-corrected chi connectivity index (χ4v) is 2.68. The first kappa shape index (κ1) is 10.5. The van der Waals surface area contributed by atoms with Crippen molar-refractivity contribution in [3.63, 3.8) is 0 Å². The number of nitrogen functional groups attached to an aromatic ring is 1. The largest absolute Gasteiger partial charge is 0.396 e. The Morgan fingerprint density at radius 3 is 2.47 bits per heavy atom. The van der Waals surface area contributed by atoms with Gasteiger partial charge in [0.05, 0.1) is 11.3 Å². The molecule has 3 saturated carbocycles. The summed E-state index contributed by atoms with van der Waals surface area (Å²) in [7, 11) is 0. The minimum atomic E-state index is -0.784. The Labute approximate surface area is 97.0 Å². The van der Waals surface area contributed by atoms with E-state index in [-0.39, 0.29) is 16.8 Å². The van der Waals surface area contributed by atoms with Crippen LogP contribution in [0.25, 0.3) is 0 Å². The zero-order valence-corrected chi connectivity index (χ0v) is 9.09. The number of rotatable bonds is 2. The molecule has 4 rings (SSSR count). The van der Waals surface area contributed by atoms with Crippen LogP contribution in [0.2, 0.25) is 0 Å². The summed E-state index contributed by atoms with van der Waals surface area (Å²) >= 11 is 0.